The number of methoxy groups -OCH3 is 1. The van der Waals surface area contributed by atoms with E-state index < -0.39 is 0 Å². The SMILES string of the molecule is COc1cc(-c2cc(C)c(-c3ccc(NCC=C(C)C)cc3C)cc2C)ccc1OCC=C(C)C. The quantitative estimate of drug-likeness (QED) is 0.318. The van der Waals surface area contributed by atoms with Crippen molar-refractivity contribution in [3.8, 4) is 33.8 Å². The van der Waals surface area contributed by atoms with Crippen LogP contribution >= 0.6 is 0 Å². The number of hydrogen-bond acceptors (Lipinski definition) is 3. The molecule has 1 N–H and O–H groups in total. The molecule has 0 aromatic heterocycles. The number of nitrogens with one attached hydrogen (secondary N) is 1. The van der Waals surface area contributed by atoms with Gasteiger partial charge in [0.2, 0.25) is 0 Å². The molecule has 0 atom stereocenters. The average molecular weight is 470 g/mol. The zero-order valence-corrected chi connectivity index (χ0v) is 22.5. The third-order valence-electron chi connectivity index (χ3n) is 6.11. The summed E-state index contributed by atoms with van der Waals surface area (Å²) in [5.41, 5.74) is 12.3. The smallest absolute Gasteiger partial charge is 0.161 e. The molecule has 35 heavy (non-hydrogen) atoms. The Kier molecular flexibility index (Phi) is 8.81. The Bertz CT molecular complexity index is 1240. The first-order valence-electron chi connectivity index (χ1n) is 12.2. The van der Waals surface area contributed by atoms with Crippen LogP contribution in [0.1, 0.15) is 44.4 Å². The van der Waals surface area contributed by atoms with Crippen LogP contribution in [0.5, 0.6) is 11.5 Å². The van der Waals surface area contributed by atoms with Gasteiger partial charge in [0.05, 0.1) is 7.11 Å². The molecule has 0 radical (unpaired) electrons. The lowest BCUT2D eigenvalue weighted by Gasteiger charge is -2.17. The van der Waals surface area contributed by atoms with Crippen molar-refractivity contribution in [3.63, 3.8) is 0 Å². The van der Waals surface area contributed by atoms with Crippen molar-refractivity contribution in [2.24, 2.45) is 0 Å². The van der Waals surface area contributed by atoms with Gasteiger partial charge in [-0.15, -0.1) is 0 Å². The third-order valence-corrected chi connectivity index (χ3v) is 6.11. The Hall–Kier alpha value is -3.46. The summed E-state index contributed by atoms with van der Waals surface area (Å²) < 4.78 is 11.6. The van der Waals surface area contributed by atoms with E-state index in [1.54, 1.807) is 7.11 Å². The molecule has 3 rings (SSSR count). The highest BCUT2D eigenvalue weighted by molar-refractivity contribution is 5.79. The Morgan fingerprint density at radius 3 is 2.03 bits per heavy atom. The molecule has 3 nitrogen and oxygen atoms in total. The van der Waals surface area contributed by atoms with Gasteiger partial charge in [-0.3, -0.25) is 0 Å². The van der Waals surface area contributed by atoms with Gasteiger partial charge in [-0.25, -0.2) is 0 Å². The minimum absolute atomic E-state index is 0.535. The molecule has 3 aromatic carbocycles. The largest absolute Gasteiger partial charge is 0.493 e. The monoisotopic (exact) mass is 469 g/mol. The first kappa shape index (κ1) is 26.2. The van der Waals surface area contributed by atoms with E-state index in [1.165, 1.54) is 44.5 Å². The minimum Gasteiger partial charge on any atom is -0.493 e. The van der Waals surface area contributed by atoms with Crippen LogP contribution < -0.4 is 14.8 Å². The first-order chi connectivity index (χ1) is 16.7. The fourth-order valence-electron chi connectivity index (χ4n) is 4.12. The summed E-state index contributed by atoms with van der Waals surface area (Å²) in [6.07, 6.45) is 4.26. The van der Waals surface area contributed by atoms with Gasteiger partial charge in [-0.1, -0.05) is 41.5 Å². The topological polar surface area (TPSA) is 30.5 Å². The highest BCUT2D eigenvalue weighted by atomic mass is 16.5. The molecule has 0 fully saturated rings. The van der Waals surface area contributed by atoms with E-state index >= 15 is 0 Å². The maximum Gasteiger partial charge on any atom is 0.161 e. The van der Waals surface area contributed by atoms with Crippen molar-refractivity contribution in [2.45, 2.75) is 48.5 Å². The Morgan fingerprint density at radius 2 is 1.37 bits per heavy atom. The number of rotatable bonds is 9. The molecule has 3 aromatic rings. The molecule has 0 aliphatic rings. The van der Waals surface area contributed by atoms with Crippen LogP contribution in [-0.2, 0) is 0 Å². The summed E-state index contributed by atoms with van der Waals surface area (Å²) >= 11 is 0. The standard InChI is InChI=1S/C32H39NO2/c1-21(2)13-15-33-27-10-11-28(23(5)17-27)30-19-24(6)29(18-25(30)7)26-9-12-31(32(20-26)34-8)35-16-14-22(3)4/h9-14,17-20,33H,15-16H2,1-8H3. The van der Waals surface area contributed by atoms with Crippen molar-refractivity contribution in [1.29, 1.82) is 0 Å². The molecule has 184 valence electrons. The minimum atomic E-state index is 0.535. The second-order valence-corrected chi connectivity index (χ2v) is 9.63. The van der Waals surface area contributed by atoms with E-state index in [0.717, 1.165) is 29.3 Å². The van der Waals surface area contributed by atoms with Crippen LogP contribution in [0.2, 0.25) is 0 Å². The van der Waals surface area contributed by atoms with Crippen molar-refractivity contribution in [3.05, 3.63) is 88.5 Å². The zero-order chi connectivity index (χ0) is 25.5. The fourth-order valence-corrected chi connectivity index (χ4v) is 4.12. The summed E-state index contributed by atoms with van der Waals surface area (Å²) in [5.74, 6) is 1.51. The van der Waals surface area contributed by atoms with Crippen LogP contribution in [0.25, 0.3) is 22.3 Å². The summed E-state index contributed by atoms with van der Waals surface area (Å²) in [4.78, 5) is 0. The van der Waals surface area contributed by atoms with Crippen molar-refractivity contribution in [2.75, 3.05) is 25.6 Å². The van der Waals surface area contributed by atoms with Crippen LogP contribution in [0.15, 0.2) is 71.8 Å². The van der Waals surface area contributed by atoms with Crippen LogP contribution in [0.3, 0.4) is 0 Å². The molecule has 3 heteroatoms. The number of aryl methyl sites for hydroxylation is 3. The Balaban J connectivity index is 1.89. The predicted octanol–water partition coefficient (Wildman–Crippen LogP) is 8.68. The Labute approximate surface area is 211 Å². The molecule has 0 heterocycles. The Morgan fingerprint density at radius 1 is 0.714 bits per heavy atom. The maximum atomic E-state index is 5.91. The van der Waals surface area contributed by atoms with Gasteiger partial charge in [0.15, 0.2) is 11.5 Å². The average Bonchev–Trinajstić information content (AvgIpc) is 2.80. The number of ether oxygens (including phenoxy) is 2. The fraction of sp³-hybridized carbons (Fsp3) is 0.312. The van der Waals surface area contributed by atoms with Crippen LogP contribution in [0, 0.1) is 20.8 Å². The molecule has 0 spiro atoms. The molecular formula is C32H39NO2. The van der Waals surface area contributed by atoms with E-state index in [0.29, 0.717) is 6.61 Å². The van der Waals surface area contributed by atoms with Crippen molar-refractivity contribution in [1.82, 2.24) is 0 Å². The third kappa shape index (κ3) is 6.79. The van der Waals surface area contributed by atoms with Crippen molar-refractivity contribution < 1.29 is 9.47 Å². The van der Waals surface area contributed by atoms with Gasteiger partial charge in [0, 0.05) is 12.2 Å². The molecule has 0 amide bonds. The number of hydrogen-bond donors (Lipinski definition) is 1. The predicted molar refractivity (Wildman–Crippen MR) is 151 cm³/mol. The van der Waals surface area contributed by atoms with Gasteiger partial charge < -0.3 is 14.8 Å². The summed E-state index contributed by atoms with van der Waals surface area (Å²) in [6, 6.07) is 17.4. The lowest BCUT2D eigenvalue weighted by Crippen LogP contribution is -2.00. The van der Waals surface area contributed by atoms with Gasteiger partial charge in [0.25, 0.3) is 0 Å². The lowest BCUT2D eigenvalue weighted by atomic mass is 9.90. The molecule has 0 aliphatic heterocycles. The number of allylic oxidation sites excluding steroid dienone is 2. The van der Waals surface area contributed by atoms with Gasteiger partial charge in [-0.2, -0.15) is 0 Å². The molecule has 0 aliphatic carbocycles. The molecule has 0 saturated heterocycles. The summed E-state index contributed by atoms with van der Waals surface area (Å²) in [5, 5.41) is 3.48. The second kappa shape index (κ2) is 11.8. The number of benzene rings is 3. The normalized spacial score (nSPS) is 10.5. The molecule has 0 bridgehead atoms. The van der Waals surface area contributed by atoms with Gasteiger partial charge in [0.1, 0.15) is 6.61 Å². The number of anilines is 1. The molecule has 0 saturated carbocycles. The summed E-state index contributed by atoms with van der Waals surface area (Å²) in [7, 11) is 1.69. The van der Waals surface area contributed by atoms with Crippen LogP contribution in [-0.4, -0.2) is 20.3 Å². The first-order valence-corrected chi connectivity index (χ1v) is 12.2. The lowest BCUT2D eigenvalue weighted by molar-refractivity contribution is 0.326. The van der Waals surface area contributed by atoms with E-state index in [-0.39, 0.29) is 0 Å². The van der Waals surface area contributed by atoms with Crippen LogP contribution in [0.4, 0.5) is 5.69 Å². The highest BCUT2D eigenvalue weighted by Crippen LogP contribution is 2.37. The van der Waals surface area contributed by atoms with E-state index in [2.05, 4.69) is 108 Å². The van der Waals surface area contributed by atoms with Crippen molar-refractivity contribution >= 4 is 5.69 Å². The zero-order valence-electron chi connectivity index (χ0n) is 22.5. The second-order valence-electron chi connectivity index (χ2n) is 9.63. The van der Waals surface area contributed by atoms with Gasteiger partial charge in [-0.05, 0) is 118 Å². The van der Waals surface area contributed by atoms with Gasteiger partial charge >= 0.3 is 0 Å². The van der Waals surface area contributed by atoms with E-state index in [9.17, 15) is 0 Å². The highest BCUT2D eigenvalue weighted by Gasteiger charge is 2.13. The maximum absolute atomic E-state index is 5.91. The van der Waals surface area contributed by atoms with E-state index in [4.69, 9.17) is 9.47 Å². The summed E-state index contributed by atoms with van der Waals surface area (Å²) in [6.45, 7) is 16.3. The molecular weight excluding hydrogens is 430 g/mol. The molecule has 0 unspecified atom stereocenters. The van der Waals surface area contributed by atoms with E-state index in [1.807, 2.05) is 6.07 Å².